The largest absolute Gasteiger partial charge is 0.259 e. The zero-order valence-electron chi connectivity index (χ0n) is 12.5. The maximum atomic E-state index is 8.81. The van der Waals surface area contributed by atoms with Crippen molar-refractivity contribution in [3.8, 4) is 22.4 Å². The number of aromatic amines is 1. The van der Waals surface area contributed by atoms with Crippen molar-refractivity contribution in [2.75, 3.05) is 0 Å². The van der Waals surface area contributed by atoms with E-state index in [0.29, 0.717) is 16.7 Å². The normalized spacial score (nSPS) is 10.5. The van der Waals surface area contributed by atoms with Crippen LogP contribution in [-0.2, 0) is 0 Å². The number of benzene rings is 2. The number of aromatic nitrogens is 4. The van der Waals surface area contributed by atoms with Crippen molar-refractivity contribution in [3.05, 3.63) is 71.1 Å². The van der Waals surface area contributed by atoms with Crippen molar-refractivity contribution >= 4 is 16.9 Å². The average Bonchev–Trinajstić information content (AvgIpc) is 3.06. The second-order valence-corrected chi connectivity index (χ2v) is 5.12. The van der Waals surface area contributed by atoms with Crippen molar-refractivity contribution in [2.45, 2.75) is 0 Å². The van der Waals surface area contributed by atoms with E-state index >= 15 is 0 Å². The van der Waals surface area contributed by atoms with Crippen LogP contribution in [0.4, 0.5) is 5.82 Å². The summed E-state index contributed by atoms with van der Waals surface area (Å²) in [7, 11) is 0. The molecule has 0 amide bonds. The Labute approximate surface area is 136 Å². The lowest BCUT2D eigenvalue weighted by molar-refractivity contribution is 1.02. The first kappa shape index (κ1) is 13.9. The molecule has 2 aromatic carbocycles. The second kappa shape index (κ2) is 5.83. The quantitative estimate of drug-likeness (QED) is 0.339. The number of nitrogens with zero attached hydrogens (tertiary/aromatic N) is 6. The summed E-state index contributed by atoms with van der Waals surface area (Å²) in [6.07, 6.45) is 0. The molecule has 0 aliphatic heterocycles. The highest BCUT2D eigenvalue weighted by atomic mass is 15.3. The summed E-state index contributed by atoms with van der Waals surface area (Å²) >= 11 is 0. The van der Waals surface area contributed by atoms with Gasteiger partial charge in [-0.25, -0.2) is 0 Å². The van der Waals surface area contributed by atoms with E-state index in [1.54, 1.807) is 0 Å². The molecule has 0 radical (unpaired) electrons. The van der Waals surface area contributed by atoms with E-state index in [2.05, 4.69) is 30.4 Å². The standard InChI is InChI=1S/C17H11N7/c18-24-23-17-14-13(11-7-3-1-4-8-11)15(12-9-5-2-6-10-12)19-20-16(14)21-22-17/h1-10H,(H,20,21,22). The van der Waals surface area contributed by atoms with Crippen LogP contribution < -0.4 is 0 Å². The number of hydrogen-bond acceptors (Lipinski definition) is 4. The van der Waals surface area contributed by atoms with Crippen LogP contribution in [0.3, 0.4) is 0 Å². The van der Waals surface area contributed by atoms with E-state index in [1.165, 1.54) is 0 Å². The second-order valence-electron chi connectivity index (χ2n) is 5.12. The summed E-state index contributed by atoms with van der Waals surface area (Å²) in [6, 6.07) is 19.6. The summed E-state index contributed by atoms with van der Waals surface area (Å²) in [5.74, 6) is 0.262. The monoisotopic (exact) mass is 313 g/mol. The molecule has 0 aliphatic carbocycles. The molecule has 0 aliphatic rings. The summed E-state index contributed by atoms with van der Waals surface area (Å²) in [4.78, 5) is 2.86. The Bertz CT molecular complexity index is 1050. The van der Waals surface area contributed by atoms with Crippen LogP contribution >= 0.6 is 0 Å². The van der Waals surface area contributed by atoms with Gasteiger partial charge in [0.1, 0.15) is 5.69 Å². The van der Waals surface area contributed by atoms with E-state index in [1.807, 2.05) is 60.7 Å². The van der Waals surface area contributed by atoms with Gasteiger partial charge in [-0.05, 0) is 16.2 Å². The van der Waals surface area contributed by atoms with Crippen molar-refractivity contribution in [1.82, 2.24) is 20.4 Å². The zero-order valence-corrected chi connectivity index (χ0v) is 12.5. The first-order valence-electron chi connectivity index (χ1n) is 7.29. The third-order valence-electron chi connectivity index (χ3n) is 3.71. The van der Waals surface area contributed by atoms with Gasteiger partial charge in [-0.1, -0.05) is 60.7 Å². The fraction of sp³-hybridized carbons (Fsp3) is 0. The van der Waals surface area contributed by atoms with Crippen LogP contribution in [0.25, 0.3) is 43.9 Å². The minimum atomic E-state index is 0.262. The van der Waals surface area contributed by atoms with Gasteiger partial charge < -0.3 is 0 Å². The minimum Gasteiger partial charge on any atom is -0.259 e. The van der Waals surface area contributed by atoms with Crippen molar-refractivity contribution in [2.24, 2.45) is 5.11 Å². The lowest BCUT2D eigenvalue weighted by Gasteiger charge is -2.10. The van der Waals surface area contributed by atoms with Crippen LogP contribution in [0.5, 0.6) is 0 Å². The number of nitrogens with one attached hydrogen (secondary N) is 1. The molecule has 4 rings (SSSR count). The SMILES string of the molecule is [N-]=[N+]=Nc1n[nH]c2nnc(-c3ccccc3)c(-c3ccccc3)c12. The molecule has 1 N–H and O–H groups in total. The summed E-state index contributed by atoms with van der Waals surface area (Å²) in [6.45, 7) is 0. The van der Waals surface area contributed by atoms with E-state index in [4.69, 9.17) is 5.53 Å². The average molecular weight is 313 g/mol. The predicted molar refractivity (Wildman–Crippen MR) is 91.4 cm³/mol. The van der Waals surface area contributed by atoms with Crippen LogP contribution in [0, 0.1) is 0 Å². The molecule has 0 spiro atoms. The number of rotatable bonds is 3. The molecular formula is C17H11N7. The molecule has 0 fully saturated rings. The molecule has 4 aromatic rings. The van der Waals surface area contributed by atoms with Gasteiger partial charge in [-0.2, -0.15) is 5.10 Å². The van der Waals surface area contributed by atoms with E-state index in [-0.39, 0.29) is 5.82 Å². The molecule has 7 heteroatoms. The summed E-state index contributed by atoms with van der Waals surface area (Å²) < 4.78 is 0. The lowest BCUT2D eigenvalue weighted by atomic mass is 9.97. The molecule has 0 saturated heterocycles. The molecule has 114 valence electrons. The Morgan fingerprint density at radius 3 is 2.21 bits per heavy atom. The molecule has 0 unspecified atom stereocenters. The van der Waals surface area contributed by atoms with Gasteiger partial charge in [-0.3, -0.25) is 5.10 Å². The van der Waals surface area contributed by atoms with Crippen LogP contribution in [0.15, 0.2) is 65.8 Å². The van der Waals surface area contributed by atoms with Crippen molar-refractivity contribution in [1.29, 1.82) is 0 Å². The molecule has 0 saturated carbocycles. The van der Waals surface area contributed by atoms with Gasteiger partial charge >= 0.3 is 0 Å². The van der Waals surface area contributed by atoms with E-state index < -0.39 is 0 Å². The topological polar surface area (TPSA) is 103 Å². The van der Waals surface area contributed by atoms with Crippen LogP contribution in [0.1, 0.15) is 0 Å². The first-order valence-corrected chi connectivity index (χ1v) is 7.29. The van der Waals surface area contributed by atoms with Crippen molar-refractivity contribution < 1.29 is 0 Å². The predicted octanol–water partition coefficient (Wildman–Crippen LogP) is 4.63. The molecule has 0 atom stereocenters. The Hall–Kier alpha value is -3.70. The van der Waals surface area contributed by atoms with Gasteiger partial charge in [0.05, 0.1) is 5.39 Å². The molecule has 2 heterocycles. The number of fused-ring (bicyclic) bond motifs is 1. The lowest BCUT2D eigenvalue weighted by Crippen LogP contribution is -1.94. The van der Waals surface area contributed by atoms with Crippen LogP contribution in [0.2, 0.25) is 0 Å². The molecule has 7 nitrogen and oxygen atoms in total. The number of H-pyrrole nitrogens is 1. The zero-order chi connectivity index (χ0) is 16.4. The molecule has 0 bridgehead atoms. The van der Waals surface area contributed by atoms with E-state index in [9.17, 15) is 0 Å². The van der Waals surface area contributed by atoms with Crippen LogP contribution in [-0.4, -0.2) is 20.4 Å². The number of hydrogen-bond donors (Lipinski definition) is 1. The highest BCUT2D eigenvalue weighted by Gasteiger charge is 2.18. The van der Waals surface area contributed by atoms with Gasteiger partial charge in [-0.15, -0.1) is 10.2 Å². The van der Waals surface area contributed by atoms with E-state index in [0.717, 1.165) is 16.7 Å². The Morgan fingerprint density at radius 2 is 1.54 bits per heavy atom. The molecule has 24 heavy (non-hydrogen) atoms. The summed E-state index contributed by atoms with van der Waals surface area (Å²) in [5.41, 5.74) is 12.7. The van der Waals surface area contributed by atoms with Gasteiger partial charge in [0.25, 0.3) is 0 Å². The Morgan fingerprint density at radius 1 is 0.875 bits per heavy atom. The first-order chi connectivity index (χ1) is 11.9. The maximum Gasteiger partial charge on any atom is 0.178 e. The Kier molecular flexibility index (Phi) is 3.38. The maximum absolute atomic E-state index is 8.81. The van der Waals surface area contributed by atoms with Crippen molar-refractivity contribution in [3.63, 3.8) is 0 Å². The highest BCUT2D eigenvalue weighted by Crippen LogP contribution is 2.38. The summed E-state index contributed by atoms with van der Waals surface area (Å²) in [5, 5.41) is 19.7. The Balaban J connectivity index is 2.13. The minimum absolute atomic E-state index is 0.262. The smallest absolute Gasteiger partial charge is 0.178 e. The highest BCUT2D eigenvalue weighted by molar-refractivity contribution is 6.04. The van der Waals surface area contributed by atoms with Gasteiger partial charge in [0.2, 0.25) is 0 Å². The fourth-order valence-electron chi connectivity index (χ4n) is 2.69. The van der Waals surface area contributed by atoms with Gasteiger partial charge in [0.15, 0.2) is 11.5 Å². The third-order valence-corrected chi connectivity index (χ3v) is 3.71. The molecular weight excluding hydrogens is 302 g/mol. The number of azide groups is 1. The third kappa shape index (κ3) is 2.25. The fourth-order valence-corrected chi connectivity index (χ4v) is 2.69. The molecule has 2 aromatic heterocycles. The van der Waals surface area contributed by atoms with Gasteiger partial charge in [0, 0.05) is 16.0 Å².